The fourth-order valence-electron chi connectivity index (χ4n) is 2.85. The summed E-state index contributed by atoms with van der Waals surface area (Å²) in [4.78, 5) is 20.5. The number of carbonyl (C=O) groups is 1. The summed E-state index contributed by atoms with van der Waals surface area (Å²) in [6.07, 6.45) is 4.68. The number of imidazole rings is 1. The average molecular weight is 344 g/mol. The lowest BCUT2D eigenvalue weighted by Gasteiger charge is -2.12. The van der Waals surface area contributed by atoms with Crippen LogP contribution >= 0.6 is 0 Å². The number of hydrogen-bond donors (Lipinski definition) is 3. The molecule has 128 valence electrons. The molecule has 3 heterocycles. The van der Waals surface area contributed by atoms with Crippen LogP contribution in [0, 0.1) is 11.6 Å². The molecule has 1 saturated heterocycles. The maximum absolute atomic E-state index is 13.9. The van der Waals surface area contributed by atoms with Crippen molar-refractivity contribution < 1.29 is 13.6 Å². The first-order chi connectivity index (χ1) is 12.1. The van der Waals surface area contributed by atoms with Gasteiger partial charge in [0.1, 0.15) is 17.3 Å². The van der Waals surface area contributed by atoms with E-state index >= 15 is 0 Å². The molecule has 2 atom stereocenters. The topological polar surface area (TPSA) is 83.4 Å². The van der Waals surface area contributed by atoms with E-state index in [-0.39, 0.29) is 17.7 Å². The maximum Gasteiger partial charge on any atom is 0.272 e. The molecule has 0 radical (unpaired) electrons. The summed E-state index contributed by atoms with van der Waals surface area (Å²) in [6.45, 7) is 0. The van der Waals surface area contributed by atoms with Gasteiger partial charge in [0, 0.05) is 30.6 Å². The first kappa shape index (κ1) is 15.6. The number of carbonyl (C=O) groups excluding carboxylic acids is 1. The zero-order valence-electron chi connectivity index (χ0n) is 12.9. The lowest BCUT2D eigenvalue weighted by Crippen LogP contribution is -2.44. The zero-order chi connectivity index (χ0) is 17.4. The number of hydrogen-bond acceptors (Lipinski definition) is 5. The molecule has 9 heteroatoms. The minimum Gasteiger partial charge on any atom is -0.334 e. The number of aromatic nitrogens is 3. The summed E-state index contributed by atoms with van der Waals surface area (Å²) in [5, 5.41) is 2.73. The van der Waals surface area contributed by atoms with Crippen LogP contribution in [0.2, 0.25) is 0 Å². The van der Waals surface area contributed by atoms with Crippen LogP contribution in [-0.4, -0.2) is 26.4 Å². The summed E-state index contributed by atoms with van der Waals surface area (Å²) >= 11 is 0. The van der Waals surface area contributed by atoms with Crippen LogP contribution in [0.3, 0.4) is 0 Å². The molecule has 0 bridgehead atoms. The third-order valence-electron chi connectivity index (χ3n) is 4.02. The van der Waals surface area contributed by atoms with E-state index in [1.165, 1.54) is 18.2 Å². The Bertz CT molecular complexity index is 890. The molecule has 7 nitrogen and oxygen atoms in total. The van der Waals surface area contributed by atoms with Crippen LogP contribution in [0.15, 0.2) is 42.9 Å². The van der Waals surface area contributed by atoms with Crippen molar-refractivity contribution in [1.29, 1.82) is 0 Å². The van der Waals surface area contributed by atoms with Gasteiger partial charge in [0.05, 0.1) is 12.2 Å². The monoisotopic (exact) mass is 344 g/mol. The van der Waals surface area contributed by atoms with E-state index in [0.29, 0.717) is 5.78 Å². The molecule has 0 spiro atoms. The molecule has 4 rings (SSSR count). The number of fused-ring (bicyclic) bond motifs is 1. The van der Waals surface area contributed by atoms with Crippen molar-refractivity contribution in [2.75, 3.05) is 0 Å². The molecule has 25 heavy (non-hydrogen) atoms. The second-order valence-electron chi connectivity index (χ2n) is 5.69. The highest BCUT2D eigenvalue weighted by Gasteiger charge is 2.30. The summed E-state index contributed by atoms with van der Waals surface area (Å²) in [5.41, 5.74) is 5.79. The van der Waals surface area contributed by atoms with Crippen molar-refractivity contribution in [1.82, 2.24) is 30.5 Å². The minimum absolute atomic E-state index is 0.0521. The molecule has 0 aliphatic carbocycles. The lowest BCUT2D eigenvalue weighted by atomic mass is 10.0. The number of nitrogens with zero attached hydrogens (tertiary/aromatic N) is 3. The molecule has 1 fully saturated rings. The van der Waals surface area contributed by atoms with E-state index in [1.807, 2.05) is 0 Å². The Morgan fingerprint density at radius 2 is 2.04 bits per heavy atom. The van der Waals surface area contributed by atoms with Crippen molar-refractivity contribution in [2.45, 2.75) is 18.6 Å². The first-order valence-electron chi connectivity index (χ1n) is 7.67. The van der Waals surface area contributed by atoms with Gasteiger partial charge in [-0.3, -0.25) is 9.20 Å². The summed E-state index contributed by atoms with van der Waals surface area (Å²) in [5.74, 6) is -1.24. The number of rotatable bonds is 3. The van der Waals surface area contributed by atoms with Gasteiger partial charge in [-0.2, -0.15) is 0 Å². The van der Waals surface area contributed by atoms with Crippen LogP contribution in [0.5, 0.6) is 0 Å². The molecule has 1 aliphatic rings. The smallest absolute Gasteiger partial charge is 0.272 e. The Labute approximate surface area is 141 Å². The molecule has 2 aromatic heterocycles. The van der Waals surface area contributed by atoms with Gasteiger partial charge in [0.2, 0.25) is 5.78 Å². The minimum atomic E-state index is -0.627. The van der Waals surface area contributed by atoms with Crippen LogP contribution < -0.4 is 16.2 Å². The summed E-state index contributed by atoms with van der Waals surface area (Å²) in [7, 11) is 0. The maximum atomic E-state index is 13.9. The standard InChI is InChI=1S/C16H14F2N6O/c17-9-3-1-4-10(18)14(9)11-7-13(23-22-11)21-15(25)12-8-24-6-2-5-19-16(24)20-12/h1-6,8,11,13,22-23H,7H2,(H,21,25). The van der Waals surface area contributed by atoms with Gasteiger partial charge < -0.3 is 5.32 Å². The number of amides is 1. The van der Waals surface area contributed by atoms with Crippen molar-refractivity contribution in [3.63, 3.8) is 0 Å². The fraction of sp³-hybridized carbons (Fsp3) is 0.188. The van der Waals surface area contributed by atoms with E-state index in [0.717, 1.165) is 0 Å². The predicted octanol–water partition coefficient (Wildman–Crippen LogP) is 1.30. The third kappa shape index (κ3) is 2.94. The van der Waals surface area contributed by atoms with Gasteiger partial charge in [0.15, 0.2) is 0 Å². The Kier molecular flexibility index (Phi) is 3.86. The third-order valence-corrected chi connectivity index (χ3v) is 4.02. The molecular weight excluding hydrogens is 330 g/mol. The quantitative estimate of drug-likeness (QED) is 0.667. The van der Waals surface area contributed by atoms with Gasteiger partial charge >= 0.3 is 0 Å². The van der Waals surface area contributed by atoms with Crippen LogP contribution in [-0.2, 0) is 0 Å². The van der Waals surface area contributed by atoms with Gasteiger partial charge in [0.25, 0.3) is 5.91 Å². The highest BCUT2D eigenvalue weighted by Crippen LogP contribution is 2.26. The van der Waals surface area contributed by atoms with E-state index in [2.05, 4.69) is 26.1 Å². The first-order valence-corrected chi connectivity index (χ1v) is 7.67. The zero-order valence-corrected chi connectivity index (χ0v) is 12.9. The van der Waals surface area contributed by atoms with E-state index < -0.39 is 29.7 Å². The van der Waals surface area contributed by atoms with Crippen molar-refractivity contribution in [2.24, 2.45) is 0 Å². The molecular formula is C16H14F2N6O. The Morgan fingerprint density at radius 3 is 2.80 bits per heavy atom. The normalized spacial score (nSPS) is 20.1. The van der Waals surface area contributed by atoms with Gasteiger partial charge in [-0.25, -0.2) is 29.6 Å². The second kappa shape index (κ2) is 6.19. The summed E-state index contributed by atoms with van der Waals surface area (Å²) in [6, 6.07) is 4.86. The Hall–Kier alpha value is -2.91. The molecule has 0 saturated carbocycles. The highest BCUT2D eigenvalue weighted by atomic mass is 19.1. The molecule has 1 aromatic carbocycles. The largest absolute Gasteiger partial charge is 0.334 e. The highest BCUT2D eigenvalue weighted by molar-refractivity contribution is 5.92. The van der Waals surface area contributed by atoms with Crippen molar-refractivity contribution >= 4 is 11.7 Å². The number of hydrazine groups is 1. The van der Waals surface area contributed by atoms with Crippen LogP contribution in [0.25, 0.3) is 5.78 Å². The SMILES string of the molecule is O=C(NC1CC(c2c(F)cccc2F)NN1)c1cn2cccnc2n1. The van der Waals surface area contributed by atoms with Gasteiger partial charge in [-0.1, -0.05) is 6.07 Å². The fourth-order valence-corrected chi connectivity index (χ4v) is 2.85. The average Bonchev–Trinajstić information content (AvgIpc) is 3.21. The Balaban J connectivity index is 1.46. The second-order valence-corrected chi connectivity index (χ2v) is 5.69. The molecule has 1 aliphatic heterocycles. The van der Waals surface area contributed by atoms with Crippen molar-refractivity contribution in [3.05, 3.63) is 65.7 Å². The summed E-state index contributed by atoms with van der Waals surface area (Å²) < 4.78 is 29.4. The molecule has 3 N–H and O–H groups in total. The van der Waals surface area contributed by atoms with Crippen LogP contribution in [0.4, 0.5) is 8.78 Å². The van der Waals surface area contributed by atoms with E-state index in [4.69, 9.17) is 0 Å². The lowest BCUT2D eigenvalue weighted by molar-refractivity contribution is 0.0928. The van der Waals surface area contributed by atoms with Crippen molar-refractivity contribution in [3.8, 4) is 0 Å². The number of nitrogens with one attached hydrogen (secondary N) is 3. The molecule has 1 amide bonds. The predicted molar refractivity (Wildman–Crippen MR) is 84.2 cm³/mol. The van der Waals surface area contributed by atoms with E-state index in [1.54, 1.807) is 29.1 Å². The number of halogens is 2. The molecule has 2 unspecified atom stereocenters. The number of benzene rings is 1. The van der Waals surface area contributed by atoms with Gasteiger partial charge in [-0.05, 0) is 18.2 Å². The van der Waals surface area contributed by atoms with Crippen LogP contribution in [0.1, 0.15) is 28.5 Å². The van der Waals surface area contributed by atoms with Gasteiger partial charge in [-0.15, -0.1) is 0 Å². The Morgan fingerprint density at radius 1 is 1.24 bits per heavy atom. The molecule has 3 aromatic rings. The van der Waals surface area contributed by atoms with E-state index in [9.17, 15) is 13.6 Å².